The van der Waals surface area contributed by atoms with E-state index >= 15 is 0 Å². The Morgan fingerprint density at radius 2 is 0.435 bits per heavy atom. The molecule has 0 radical (unpaired) electrons. The predicted molar refractivity (Wildman–Crippen MR) is 430 cm³/mol. The van der Waals surface area contributed by atoms with E-state index in [1.54, 1.807) is 263 Å². The van der Waals surface area contributed by atoms with Crippen LogP contribution in [0.3, 0.4) is 0 Å². The average molecular weight is 1570 g/mol. The first-order valence-corrected chi connectivity index (χ1v) is 37.1. The summed E-state index contributed by atoms with van der Waals surface area (Å²) in [6, 6.07) is 87.5. The summed E-state index contributed by atoms with van der Waals surface area (Å²) >= 11 is 0. The molecule has 10 aromatic rings. The number of hydrogen-bond donors (Lipinski definition) is 0. The SMILES string of the molecule is CC(C)C(OC(=O)c1ccccc1)C(C)(C)COC(=O)c1ccccc1.CC(COC(=O)c1ccccc1)OC(=O)c1ccccc1.CC(COC(=O)c1ccccc1)OCC(C)OC(=O)c1ccccc1.O=C(OCCOC(=O)c1ccccc1)c1ccccc1.O=C(OCCOCCOC(=O)c1ccccc1)c1ccccc1. The molecule has 0 aromatic heterocycles. The minimum absolute atomic E-state index is 0.0201. The Labute approximate surface area is 670 Å². The van der Waals surface area contributed by atoms with Gasteiger partial charge in [-0.1, -0.05) is 210 Å². The van der Waals surface area contributed by atoms with Gasteiger partial charge in [0.15, 0.2) is 0 Å². The summed E-state index contributed by atoms with van der Waals surface area (Å²) in [5, 5.41) is 0. The monoisotopic (exact) mass is 1560 g/mol. The Morgan fingerprint density at radius 1 is 0.235 bits per heavy atom. The van der Waals surface area contributed by atoms with Crippen molar-refractivity contribution in [1.82, 2.24) is 0 Å². The Bertz CT molecular complexity index is 4390. The van der Waals surface area contributed by atoms with Crippen molar-refractivity contribution in [3.05, 3.63) is 359 Å². The molecule has 0 saturated heterocycles. The van der Waals surface area contributed by atoms with Crippen molar-refractivity contribution in [3.8, 4) is 0 Å². The first-order chi connectivity index (χ1) is 55.6. The zero-order chi connectivity index (χ0) is 82.8. The van der Waals surface area contributed by atoms with Gasteiger partial charge in [0.2, 0.25) is 0 Å². The number of carbonyl (C=O) groups excluding carboxylic acids is 10. The molecular weight excluding hydrogens is 1470 g/mol. The van der Waals surface area contributed by atoms with Crippen molar-refractivity contribution in [2.45, 2.75) is 72.9 Å². The lowest BCUT2D eigenvalue weighted by Crippen LogP contribution is -2.41. The quantitative estimate of drug-likeness (QED) is 0.0210. The van der Waals surface area contributed by atoms with Crippen molar-refractivity contribution in [3.63, 3.8) is 0 Å². The fourth-order valence-electron chi connectivity index (χ4n) is 10.1. The summed E-state index contributed by atoms with van der Waals surface area (Å²) < 4.78 is 63.0. The molecule has 0 aliphatic carbocycles. The molecule has 0 N–H and O–H groups in total. The molecule has 0 aliphatic heterocycles. The summed E-state index contributed by atoms with van der Waals surface area (Å²) in [6.45, 7) is 14.5. The van der Waals surface area contributed by atoms with E-state index in [-0.39, 0.29) is 114 Å². The zero-order valence-electron chi connectivity index (χ0n) is 65.3. The Balaban J connectivity index is 0.000000224. The van der Waals surface area contributed by atoms with Gasteiger partial charge in [-0.3, -0.25) is 0 Å². The summed E-state index contributed by atoms with van der Waals surface area (Å²) in [7, 11) is 0. The topological polar surface area (TPSA) is 281 Å². The molecule has 0 spiro atoms. The third-order valence-electron chi connectivity index (χ3n) is 15.9. The van der Waals surface area contributed by atoms with E-state index in [1.165, 1.54) is 0 Å². The van der Waals surface area contributed by atoms with Crippen LogP contribution in [0.25, 0.3) is 0 Å². The maximum absolute atomic E-state index is 12.4. The molecule has 0 heterocycles. The van der Waals surface area contributed by atoms with Crippen LogP contribution in [0.1, 0.15) is 152 Å². The Hall–Kier alpha value is -13.2. The molecule has 4 unspecified atom stereocenters. The van der Waals surface area contributed by atoms with Crippen LogP contribution in [0, 0.1) is 11.3 Å². The van der Waals surface area contributed by atoms with Gasteiger partial charge in [0, 0.05) is 5.41 Å². The number of benzene rings is 10. The molecule has 22 heteroatoms. The third-order valence-corrected chi connectivity index (χ3v) is 15.9. The van der Waals surface area contributed by atoms with Crippen LogP contribution in [-0.4, -0.2) is 150 Å². The van der Waals surface area contributed by atoms with Gasteiger partial charge >= 0.3 is 59.7 Å². The molecule has 0 fully saturated rings. The first kappa shape index (κ1) is 90.7. The van der Waals surface area contributed by atoms with Crippen LogP contribution < -0.4 is 0 Å². The summed E-state index contributed by atoms with van der Waals surface area (Å²) in [6.07, 6.45) is -1.60. The maximum Gasteiger partial charge on any atom is 0.338 e. The lowest BCUT2D eigenvalue weighted by atomic mass is 9.81. The van der Waals surface area contributed by atoms with E-state index in [4.69, 9.17) is 56.8 Å². The predicted octanol–water partition coefficient (Wildman–Crippen LogP) is 16.8. The minimum Gasteiger partial charge on any atom is -0.461 e. The summed E-state index contributed by atoms with van der Waals surface area (Å²) in [4.78, 5) is 118. The fourth-order valence-corrected chi connectivity index (χ4v) is 10.1. The van der Waals surface area contributed by atoms with Crippen LogP contribution in [0.15, 0.2) is 303 Å². The molecule has 0 saturated carbocycles. The molecule has 0 aliphatic rings. The molecule has 4 atom stereocenters. The van der Waals surface area contributed by atoms with Gasteiger partial charge in [-0.15, -0.1) is 0 Å². The highest BCUT2D eigenvalue weighted by molar-refractivity contribution is 5.94. The smallest absolute Gasteiger partial charge is 0.338 e. The lowest BCUT2D eigenvalue weighted by Gasteiger charge is -2.35. The van der Waals surface area contributed by atoms with E-state index in [0.717, 1.165) is 0 Å². The van der Waals surface area contributed by atoms with Crippen LogP contribution in [0.4, 0.5) is 0 Å². The average Bonchev–Trinajstić information content (AvgIpc) is 0.827. The number of rotatable bonds is 33. The summed E-state index contributed by atoms with van der Waals surface area (Å²) in [5.41, 5.74) is 4.39. The van der Waals surface area contributed by atoms with Crippen molar-refractivity contribution in [2.24, 2.45) is 11.3 Å². The van der Waals surface area contributed by atoms with Crippen molar-refractivity contribution in [1.29, 1.82) is 0 Å². The fraction of sp³-hybridized carbons (Fsp3) is 0.247. The maximum atomic E-state index is 12.4. The van der Waals surface area contributed by atoms with E-state index in [0.29, 0.717) is 55.6 Å². The highest BCUT2D eigenvalue weighted by Gasteiger charge is 2.37. The van der Waals surface area contributed by atoms with E-state index in [9.17, 15) is 47.9 Å². The molecule has 10 rings (SSSR count). The van der Waals surface area contributed by atoms with Crippen LogP contribution >= 0.6 is 0 Å². The highest BCUT2D eigenvalue weighted by atomic mass is 16.6. The molecule has 0 bridgehead atoms. The Morgan fingerprint density at radius 3 is 0.687 bits per heavy atom. The Kier molecular flexibility index (Phi) is 40.5. The third kappa shape index (κ3) is 35.4. The zero-order valence-corrected chi connectivity index (χ0v) is 65.3. The van der Waals surface area contributed by atoms with Gasteiger partial charge in [0.25, 0.3) is 0 Å². The van der Waals surface area contributed by atoms with Crippen LogP contribution in [0.5, 0.6) is 0 Å². The van der Waals surface area contributed by atoms with Crippen LogP contribution in [0.2, 0.25) is 0 Å². The molecule has 0 amide bonds. The van der Waals surface area contributed by atoms with Gasteiger partial charge in [0.1, 0.15) is 64.6 Å². The number of carbonyl (C=O) groups is 10. The van der Waals surface area contributed by atoms with E-state index < -0.39 is 47.6 Å². The van der Waals surface area contributed by atoms with Crippen molar-refractivity contribution in [2.75, 3.05) is 66.1 Å². The lowest BCUT2D eigenvalue weighted by molar-refractivity contribution is -0.0525. The van der Waals surface area contributed by atoms with E-state index in [2.05, 4.69) is 0 Å². The van der Waals surface area contributed by atoms with Crippen molar-refractivity contribution < 1.29 is 105 Å². The normalized spacial score (nSPS) is 11.4. The second-order valence-electron chi connectivity index (χ2n) is 26.2. The molecule has 10 aromatic carbocycles. The van der Waals surface area contributed by atoms with Gasteiger partial charge < -0.3 is 56.8 Å². The number of esters is 10. The number of hydrogen-bond acceptors (Lipinski definition) is 22. The minimum atomic E-state index is -0.525. The van der Waals surface area contributed by atoms with Crippen molar-refractivity contribution >= 4 is 59.7 Å². The standard InChI is InChI=1S/C22H26O4.C20H22O5.C18H18O5.C17H16O4.C16H14O4/c1-16(2)19(26-21(24)18-13-9-6-10-14-18)22(3,4)15-25-20(23)17-11-7-5-8-12-17;1-15(13-24-19(21)17-9-5-3-6-10-17)23-14-16(2)25-20(22)18-11-7-4-8-12-18;19-17(15-7-3-1-4-8-15)22-13-11-21-12-14-23-18(20)16-9-5-2-6-10-16;1-13(21-17(19)15-10-6-3-7-11-15)12-20-16(18)14-8-4-2-5-9-14;17-15(13-7-3-1-4-8-13)19-11-12-20-16(18)14-9-5-2-6-10-14/h5-14,16,19H,15H2,1-4H3;3-12,15-16H,13-14H2,1-2H3;1-10H,11-14H2;2-11,13H,12H2,1H3;1-10H,11-12H2. The van der Waals surface area contributed by atoms with Gasteiger partial charge in [0.05, 0.1) is 81.6 Å². The van der Waals surface area contributed by atoms with Crippen LogP contribution in [-0.2, 0) is 56.8 Å². The van der Waals surface area contributed by atoms with Gasteiger partial charge in [-0.2, -0.15) is 0 Å². The second-order valence-corrected chi connectivity index (χ2v) is 26.2. The van der Waals surface area contributed by atoms with Gasteiger partial charge in [-0.05, 0) is 148 Å². The van der Waals surface area contributed by atoms with Gasteiger partial charge in [-0.25, -0.2) is 47.9 Å². The first-order valence-electron chi connectivity index (χ1n) is 37.1. The summed E-state index contributed by atoms with van der Waals surface area (Å²) in [5.74, 6) is -3.94. The second kappa shape index (κ2) is 51.4. The molecule has 115 heavy (non-hydrogen) atoms. The largest absolute Gasteiger partial charge is 0.461 e. The molecule has 22 nitrogen and oxygen atoms in total. The van der Waals surface area contributed by atoms with E-state index in [1.807, 2.05) is 88.4 Å². The molecule has 600 valence electrons. The number of ether oxygens (including phenoxy) is 12. The highest BCUT2D eigenvalue weighted by Crippen LogP contribution is 2.31. The molecular formula is C93H96O22.